The molecule has 31 heavy (non-hydrogen) atoms. The number of carbonyl (C=O) groups is 1. The second kappa shape index (κ2) is 11.0. The predicted molar refractivity (Wildman–Crippen MR) is 119 cm³/mol. The van der Waals surface area contributed by atoms with E-state index in [0.717, 1.165) is 26.1 Å². The van der Waals surface area contributed by atoms with Crippen molar-refractivity contribution in [1.82, 2.24) is 9.62 Å². The third-order valence-electron chi connectivity index (χ3n) is 5.05. The normalized spacial score (nSPS) is 14.6. The molecule has 0 spiro atoms. The van der Waals surface area contributed by atoms with Gasteiger partial charge in [0.25, 0.3) is 10.0 Å². The molecular weight excluding hydrogens is 418 g/mol. The van der Waals surface area contributed by atoms with Gasteiger partial charge in [-0.15, -0.1) is 0 Å². The van der Waals surface area contributed by atoms with E-state index in [1.54, 1.807) is 36.4 Å². The zero-order valence-electron chi connectivity index (χ0n) is 17.7. The van der Waals surface area contributed by atoms with Crippen LogP contribution in [-0.2, 0) is 10.0 Å². The maximum Gasteiger partial charge on any atom is 0.333 e. The molecule has 8 nitrogen and oxygen atoms in total. The van der Waals surface area contributed by atoms with Crippen molar-refractivity contribution in [2.45, 2.75) is 30.6 Å². The van der Waals surface area contributed by atoms with Crippen LogP contribution in [-0.4, -0.2) is 52.7 Å². The summed E-state index contributed by atoms with van der Waals surface area (Å²) in [6.45, 7) is 3.90. The monoisotopic (exact) mass is 447 g/mol. The van der Waals surface area contributed by atoms with Crippen LogP contribution in [0.3, 0.4) is 0 Å². The number of likely N-dealkylation sites (tertiary alicyclic amines) is 1. The van der Waals surface area contributed by atoms with E-state index < -0.39 is 16.1 Å². The maximum absolute atomic E-state index is 12.4. The number of nitrogens with zero attached hydrogens (tertiary/aromatic N) is 1. The van der Waals surface area contributed by atoms with E-state index in [9.17, 15) is 13.2 Å². The highest BCUT2D eigenvalue weighted by atomic mass is 32.2. The minimum absolute atomic E-state index is 0.0157. The molecule has 1 fully saturated rings. The van der Waals surface area contributed by atoms with Crippen molar-refractivity contribution in [3.63, 3.8) is 0 Å². The van der Waals surface area contributed by atoms with E-state index in [0.29, 0.717) is 23.8 Å². The molecule has 2 N–H and O–H groups in total. The lowest BCUT2D eigenvalue weighted by Gasteiger charge is -2.26. The van der Waals surface area contributed by atoms with Gasteiger partial charge in [0, 0.05) is 12.2 Å². The zero-order valence-corrected chi connectivity index (χ0v) is 18.5. The number of benzene rings is 2. The number of nitrogens with one attached hydrogen (secondary N) is 2. The highest BCUT2D eigenvalue weighted by Crippen LogP contribution is 2.18. The summed E-state index contributed by atoms with van der Waals surface area (Å²) >= 11 is 0. The molecule has 0 atom stereocenters. The number of methoxy groups -OCH3 is 1. The molecule has 0 bridgehead atoms. The van der Waals surface area contributed by atoms with E-state index >= 15 is 0 Å². The number of anilines is 1. The van der Waals surface area contributed by atoms with Gasteiger partial charge in [0.15, 0.2) is 0 Å². The molecule has 2 aromatic carbocycles. The number of urea groups is 1. The summed E-state index contributed by atoms with van der Waals surface area (Å²) in [7, 11) is -2.46. The Bertz CT molecular complexity index is 940. The Morgan fingerprint density at radius 2 is 1.61 bits per heavy atom. The molecule has 1 saturated heterocycles. The topological polar surface area (TPSA) is 97.0 Å². The van der Waals surface area contributed by atoms with Gasteiger partial charge >= 0.3 is 6.03 Å². The molecule has 0 unspecified atom stereocenters. The molecular formula is C22H29N3O5S. The number of rotatable bonds is 9. The first-order valence-corrected chi connectivity index (χ1v) is 11.9. The lowest BCUT2D eigenvalue weighted by molar-refractivity contribution is 0.205. The van der Waals surface area contributed by atoms with Gasteiger partial charge in [-0.3, -0.25) is 0 Å². The lowest BCUT2D eigenvalue weighted by Crippen LogP contribution is -2.34. The third-order valence-corrected chi connectivity index (χ3v) is 6.39. The molecule has 1 aliphatic heterocycles. The summed E-state index contributed by atoms with van der Waals surface area (Å²) in [6, 6.07) is 11.7. The average Bonchev–Trinajstić information content (AvgIpc) is 2.78. The van der Waals surface area contributed by atoms with Gasteiger partial charge in [-0.1, -0.05) is 6.42 Å². The SMILES string of the molecule is COc1ccc(NC(=O)NS(=O)(=O)c2ccc(OCCCN3CCCCC3)cc2)cc1. The Morgan fingerprint density at radius 3 is 2.26 bits per heavy atom. The Balaban J connectivity index is 1.46. The molecule has 0 aromatic heterocycles. The highest BCUT2D eigenvalue weighted by Gasteiger charge is 2.18. The van der Waals surface area contributed by atoms with Crippen molar-refractivity contribution in [1.29, 1.82) is 0 Å². The van der Waals surface area contributed by atoms with Gasteiger partial charge in [-0.25, -0.2) is 17.9 Å². The van der Waals surface area contributed by atoms with Gasteiger partial charge < -0.3 is 19.7 Å². The first-order chi connectivity index (χ1) is 15.0. The summed E-state index contributed by atoms with van der Waals surface area (Å²) in [5, 5.41) is 2.48. The van der Waals surface area contributed by atoms with Crippen LogP contribution >= 0.6 is 0 Å². The Hall–Kier alpha value is -2.78. The van der Waals surface area contributed by atoms with Gasteiger partial charge in [-0.05, 0) is 80.9 Å². The molecule has 0 radical (unpaired) electrons. The first-order valence-electron chi connectivity index (χ1n) is 10.4. The largest absolute Gasteiger partial charge is 0.497 e. The number of carbonyl (C=O) groups excluding carboxylic acids is 1. The standard InChI is InChI=1S/C22H29N3O5S/c1-29-19-8-6-18(7-9-19)23-22(26)24-31(27,28)21-12-10-20(11-13-21)30-17-5-16-25-14-3-2-4-15-25/h6-13H,2-5,14-17H2,1H3,(H2,23,24,26). The third kappa shape index (κ3) is 7.15. The summed E-state index contributed by atoms with van der Waals surface area (Å²) in [6.07, 6.45) is 4.78. The van der Waals surface area contributed by atoms with Crippen LogP contribution in [0.2, 0.25) is 0 Å². The summed E-state index contributed by atoms with van der Waals surface area (Å²) in [4.78, 5) is 14.5. The van der Waals surface area contributed by atoms with E-state index in [1.807, 2.05) is 4.72 Å². The molecule has 168 valence electrons. The number of hydrogen-bond donors (Lipinski definition) is 2. The van der Waals surface area contributed by atoms with Crippen LogP contribution in [0.1, 0.15) is 25.7 Å². The molecule has 2 amide bonds. The lowest BCUT2D eigenvalue weighted by atomic mass is 10.1. The quantitative estimate of drug-likeness (QED) is 0.572. The predicted octanol–water partition coefficient (Wildman–Crippen LogP) is 3.46. The number of sulfonamides is 1. The zero-order chi connectivity index (χ0) is 22.1. The summed E-state index contributed by atoms with van der Waals surface area (Å²) in [5.74, 6) is 1.23. The van der Waals surface area contributed by atoms with Crippen molar-refractivity contribution < 1.29 is 22.7 Å². The average molecular weight is 448 g/mol. The fraction of sp³-hybridized carbons (Fsp3) is 0.409. The van der Waals surface area contributed by atoms with Crippen molar-refractivity contribution in [2.75, 3.05) is 38.7 Å². The fourth-order valence-electron chi connectivity index (χ4n) is 3.39. The van der Waals surface area contributed by atoms with Crippen molar-refractivity contribution in [2.24, 2.45) is 0 Å². The second-order valence-corrected chi connectivity index (χ2v) is 9.05. The van der Waals surface area contributed by atoms with Crippen LogP contribution in [0.5, 0.6) is 11.5 Å². The minimum atomic E-state index is -4.00. The number of hydrogen-bond acceptors (Lipinski definition) is 6. The van der Waals surface area contributed by atoms with Gasteiger partial charge in [0.2, 0.25) is 0 Å². The first kappa shape index (κ1) is 22.9. The second-order valence-electron chi connectivity index (χ2n) is 7.36. The van der Waals surface area contributed by atoms with Gasteiger partial charge in [0.1, 0.15) is 11.5 Å². The maximum atomic E-state index is 12.4. The van der Waals surface area contributed by atoms with Crippen LogP contribution in [0.25, 0.3) is 0 Å². The van der Waals surface area contributed by atoms with Gasteiger partial charge in [0.05, 0.1) is 18.6 Å². The van der Waals surface area contributed by atoms with E-state index in [-0.39, 0.29) is 4.90 Å². The molecule has 2 aromatic rings. The molecule has 9 heteroatoms. The van der Waals surface area contributed by atoms with Crippen molar-refractivity contribution in [3.8, 4) is 11.5 Å². The van der Waals surface area contributed by atoms with Crippen LogP contribution in [0, 0.1) is 0 Å². The van der Waals surface area contributed by atoms with E-state index in [2.05, 4.69) is 10.2 Å². The van der Waals surface area contributed by atoms with Crippen LogP contribution in [0.15, 0.2) is 53.4 Å². The molecule has 1 aliphatic rings. The Labute approximate surface area is 183 Å². The Morgan fingerprint density at radius 1 is 0.968 bits per heavy atom. The van der Waals surface area contributed by atoms with Crippen molar-refractivity contribution in [3.05, 3.63) is 48.5 Å². The van der Waals surface area contributed by atoms with Crippen molar-refractivity contribution >= 4 is 21.7 Å². The molecule has 3 rings (SSSR count). The van der Waals surface area contributed by atoms with E-state index in [1.165, 1.54) is 38.5 Å². The van der Waals surface area contributed by atoms with Crippen LogP contribution < -0.4 is 19.5 Å². The minimum Gasteiger partial charge on any atom is -0.497 e. The summed E-state index contributed by atoms with van der Waals surface area (Å²) < 4.78 is 37.6. The smallest absolute Gasteiger partial charge is 0.333 e. The number of amides is 2. The summed E-state index contributed by atoms with van der Waals surface area (Å²) in [5.41, 5.74) is 0.446. The number of ether oxygens (including phenoxy) is 2. The molecule has 1 heterocycles. The highest BCUT2D eigenvalue weighted by molar-refractivity contribution is 7.90. The molecule has 0 aliphatic carbocycles. The molecule has 0 saturated carbocycles. The number of piperidine rings is 1. The Kier molecular flexibility index (Phi) is 8.13. The van der Waals surface area contributed by atoms with E-state index in [4.69, 9.17) is 9.47 Å². The fourth-order valence-corrected chi connectivity index (χ4v) is 4.30. The van der Waals surface area contributed by atoms with Gasteiger partial charge in [-0.2, -0.15) is 0 Å². The van der Waals surface area contributed by atoms with Crippen LogP contribution in [0.4, 0.5) is 10.5 Å².